The van der Waals surface area contributed by atoms with E-state index in [2.05, 4.69) is 54.3 Å². The molecule has 1 aliphatic carbocycles. The Morgan fingerprint density at radius 3 is 2.60 bits per heavy atom. The first-order valence-corrected chi connectivity index (χ1v) is 9.52. The van der Waals surface area contributed by atoms with Crippen molar-refractivity contribution in [3.8, 4) is 0 Å². The van der Waals surface area contributed by atoms with E-state index in [4.69, 9.17) is 4.98 Å². The molecule has 0 radical (unpaired) electrons. The van der Waals surface area contributed by atoms with E-state index < -0.39 is 0 Å². The number of aromatic nitrogens is 1. The van der Waals surface area contributed by atoms with Crippen molar-refractivity contribution in [2.24, 2.45) is 5.92 Å². The van der Waals surface area contributed by atoms with Gasteiger partial charge in [-0.2, -0.15) is 0 Å². The lowest BCUT2D eigenvalue weighted by molar-refractivity contribution is -0.139. The summed E-state index contributed by atoms with van der Waals surface area (Å²) in [5.41, 5.74) is 4.71. The van der Waals surface area contributed by atoms with Gasteiger partial charge in [-0.05, 0) is 50.3 Å². The second kappa shape index (κ2) is 6.99. The number of pyridine rings is 1. The van der Waals surface area contributed by atoms with Crippen molar-refractivity contribution in [3.05, 3.63) is 65.0 Å². The van der Waals surface area contributed by atoms with Gasteiger partial charge < -0.3 is 4.90 Å². The predicted molar refractivity (Wildman–Crippen MR) is 99.3 cm³/mol. The molecule has 2 aliphatic rings. The normalized spacial score (nSPS) is 20.5. The molecule has 0 N–H and O–H groups in total. The van der Waals surface area contributed by atoms with Crippen LogP contribution in [0.15, 0.2) is 42.5 Å². The summed E-state index contributed by atoms with van der Waals surface area (Å²) in [6.45, 7) is 3.00. The monoisotopic (exact) mass is 334 g/mol. The quantitative estimate of drug-likeness (QED) is 0.828. The van der Waals surface area contributed by atoms with Gasteiger partial charge in [0.25, 0.3) is 0 Å². The van der Waals surface area contributed by atoms with Crippen LogP contribution in [0.3, 0.4) is 0 Å². The first-order valence-electron chi connectivity index (χ1n) is 9.52. The van der Waals surface area contributed by atoms with Crippen molar-refractivity contribution in [1.82, 2.24) is 9.88 Å². The smallest absolute Gasteiger partial charge is 0.226 e. The van der Waals surface area contributed by atoms with Gasteiger partial charge in [-0.1, -0.05) is 42.3 Å². The third-order valence-electron chi connectivity index (χ3n) is 5.67. The fraction of sp³-hybridized carbons (Fsp3) is 0.455. The van der Waals surface area contributed by atoms with Crippen molar-refractivity contribution >= 4 is 5.91 Å². The number of aryl methyl sites for hydroxylation is 1. The Morgan fingerprint density at radius 2 is 1.88 bits per heavy atom. The Labute approximate surface area is 150 Å². The topological polar surface area (TPSA) is 33.2 Å². The molecule has 1 amide bonds. The SMILES string of the molecule is Cc1ccc(Cc2cccc([C@@H]3CCCN3C(=O)C3CCC3)n2)cc1. The minimum Gasteiger partial charge on any atom is -0.334 e. The molecule has 25 heavy (non-hydrogen) atoms. The maximum absolute atomic E-state index is 12.7. The van der Waals surface area contributed by atoms with Gasteiger partial charge in [0, 0.05) is 24.6 Å². The number of likely N-dealkylation sites (tertiary alicyclic amines) is 1. The van der Waals surface area contributed by atoms with Gasteiger partial charge >= 0.3 is 0 Å². The molecule has 3 nitrogen and oxygen atoms in total. The second-order valence-electron chi connectivity index (χ2n) is 7.53. The molecule has 130 valence electrons. The van der Waals surface area contributed by atoms with E-state index >= 15 is 0 Å². The minimum absolute atomic E-state index is 0.172. The van der Waals surface area contributed by atoms with Crippen LogP contribution in [0.25, 0.3) is 0 Å². The summed E-state index contributed by atoms with van der Waals surface area (Å²) in [6, 6.07) is 15.1. The van der Waals surface area contributed by atoms with Gasteiger partial charge in [0.15, 0.2) is 0 Å². The van der Waals surface area contributed by atoms with E-state index in [1.807, 2.05) is 0 Å². The molecular formula is C22H26N2O. The molecule has 1 aromatic heterocycles. The number of hydrogen-bond donors (Lipinski definition) is 0. The largest absolute Gasteiger partial charge is 0.334 e. The van der Waals surface area contributed by atoms with Gasteiger partial charge in [0.1, 0.15) is 0 Å². The van der Waals surface area contributed by atoms with Crippen LogP contribution in [0.5, 0.6) is 0 Å². The maximum atomic E-state index is 12.7. The molecular weight excluding hydrogens is 308 g/mol. The zero-order chi connectivity index (χ0) is 17.2. The Kier molecular flexibility index (Phi) is 4.56. The third-order valence-corrected chi connectivity index (χ3v) is 5.67. The molecule has 4 rings (SSSR count). The number of amides is 1. The summed E-state index contributed by atoms with van der Waals surface area (Å²) in [5, 5.41) is 0. The molecule has 2 fully saturated rings. The number of hydrogen-bond acceptors (Lipinski definition) is 2. The summed E-state index contributed by atoms with van der Waals surface area (Å²) in [4.78, 5) is 19.7. The van der Waals surface area contributed by atoms with Gasteiger partial charge in [-0.15, -0.1) is 0 Å². The molecule has 0 unspecified atom stereocenters. The van der Waals surface area contributed by atoms with Crippen molar-refractivity contribution in [3.63, 3.8) is 0 Å². The van der Waals surface area contributed by atoms with Crippen LogP contribution in [0.2, 0.25) is 0 Å². The zero-order valence-corrected chi connectivity index (χ0v) is 14.9. The molecule has 0 bridgehead atoms. The first kappa shape index (κ1) is 16.3. The lowest BCUT2D eigenvalue weighted by Gasteiger charge is -2.32. The summed E-state index contributed by atoms with van der Waals surface area (Å²) < 4.78 is 0. The van der Waals surface area contributed by atoms with Crippen molar-refractivity contribution < 1.29 is 4.79 Å². The third kappa shape index (κ3) is 3.46. The number of nitrogens with zero attached hydrogens (tertiary/aromatic N) is 2. The van der Waals surface area contributed by atoms with Crippen LogP contribution in [-0.2, 0) is 11.2 Å². The summed E-state index contributed by atoms with van der Waals surface area (Å²) in [7, 11) is 0. The average Bonchev–Trinajstić information content (AvgIpc) is 3.05. The van der Waals surface area contributed by atoms with E-state index in [0.717, 1.165) is 50.0 Å². The van der Waals surface area contributed by atoms with Crippen LogP contribution in [0, 0.1) is 12.8 Å². The second-order valence-corrected chi connectivity index (χ2v) is 7.53. The van der Waals surface area contributed by atoms with Crippen molar-refractivity contribution in [1.29, 1.82) is 0 Å². The van der Waals surface area contributed by atoms with Crippen LogP contribution < -0.4 is 0 Å². The fourth-order valence-corrected chi connectivity index (χ4v) is 3.92. The Balaban J connectivity index is 1.51. The van der Waals surface area contributed by atoms with E-state index in [9.17, 15) is 4.79 Å². The Hall–Kier alpha value is -2.16. The molecule has 1 aliphatic heterocycles. The molecule has 0 spiro atoms. The molecule has 1 aromatic carbocycles. The van der Waals surface area contributed by atoms with E-state index in [0.29, 0.717) is 5.91 Å². The fourth-order valence-electron chi connectivity index (χ4n) is 3.92. The summed E-state index contributed by atoms with van der Waals surface area (Å²) >= 11 is 0. The molecule has 1 atom stereocenters. The number of carbonyl (C=O) groups excluding carboxylic acids is 1. The lowest BCUT2D eigenvalue weighted by Crippen LogP contribution is -2.38. The summed E-state index contributed by atoms with van der Waals surface area (Å²) in [5.74, 6) is 0.635. The van der Waals surface area contributed by atoms with Crippen LogP contribution >= 0.6 is 0 Å². The summed E-state index contributed by atoms with van der Waals surface area (Å²) in [6.07, 6.45) is 6.33. The van der Waals surface area contributed by atoms with Crippen LogP contribution in [-0.4, -0.2) is 22.3 Å². The van der Waals surface area contributed by atoms with Crippen LogP contribution in [0.1, 0.15) is 60.7 Å². The molecule has 3 heteroatoms. The van der Waals surface area contributed by atoms with Gasteiger partial charge in [-0.3, -0.25) is 9.78 Å². The highest BCUT2D eigenvalue weighted by Crippen LogP contribution is 2.36. The number of carbonyl (C=O) groups is 1. The van der Waals surface area contributed by atoms with E-state index in [1.54, 1.807) is 0 Å². The van der Waals surface area contributed by atoms with E-state index in [1.165, 1.54) is 17.5 Å². The predicted octanol–water partition coefficient (Wildman–Crippen LogP) is 4.44. The van der Waals surface area contributed by atoms with Gasteiger partial charge in [0.2, 0.25) is 5.91 Å². The van der Waals surface area contributed by atoms with Crippen molar-refractivity contribution in [2.75, 3.05) is 6.54 Å². The highest BCUT2D eigenvalue weighted by Gasteiger charge is 2.36. The molecule has 2 heterocycles. The lowest BCUT2D eigenvalue weighted by atomic mass is 9.84. The Morgan fingerprint density at radius 1 is 1.08 bits per heavy atom. The number of benzene rings is 1. The average molecular weight is 334 g/mol. The molecule has 1 saturated heterocycles. The highest BCUT2D eigenvalue weighted by molar-refractivity contribution is 5.80. The zero-order valence-electron chi connectivity index (χ0n) is 14.9. The first-order chi connectivity index (χ1) is 12.2. The standard InChI is InChI=1S/C22H26N2O/c1-16-10-12-17(13-11-16)15-19-7-3-8-20(23-19)21-9-4-14-24(21)22(25)18-5-2-6-18/h3,7-8,10-13,18,21H,2,4-6,9,14-15H2,1H3/t21-/m0/s1. The molecule has 2 aromatic rings. The van der Waals surface area contributed by atoms with E-state index in [-0.39, 0.29) is 12.0 Å². The molecule has 1 saturated carbocycles. The van der Waals surface area contributed by atoms with Crippen LogP contribution in [0.4, 0.5) is 0 Å². The van der Waals surface area contributed by atoms with Gasteiger partial charge in [0.05, 0.1) is 11.7 Å². The highest BCUT2D eigenvalue weighted by atomic mass is 16.2. The number of rotatable bonds is 4. The maximum Gasteiger partial charge on any atom is 0.226 e. The van der Waals surface area contributed by atoms with Gasteiger partial charge in [-0.25, -0.2) is 0 Å². The minimum atomic E-state index is 0.172. The van der Waals surface area contributed by atoms with Crippen molar-refractivity contribution in [2.45, 2.75) is 51.5 Å². The Bertz CT molecular complexity index is 749.